The van der Waals surface area contributed by atoms with Gasteiger partial charge in [0.1, 0.15) is 5.75 Å². The minimum Gasteiger partial charge on any atom is -0.494 e. The van der Waals surface area contributed by atoms with Crippen LogP contribution in [0.5, 0.6) is 5.75 Å². The third kappa shape index (κ3) is 5.93. The molecule has 6 nitrogen and oxygen atoms in total. The first-order valence-corrected chi connectivity index (χ1v) is 12.6. The van der Waals surface area contributed by atoms with Gasteiger partial charge in [-0.05, 0) is 74.7 Å². The summed E-state index contributed by atoms with van der Waals surface area (Å²) in [6.07, 6.45) is 4.61. The molecule has 0 atom stereocenters. The number of amides is 1. The lowest BCUT2D eigenvalue weighted by Gasteiger charge is -2.21. The molecule has 2 aromatic carbocycles. The average Bonchev–Trinajstić information content (AvgIpc) is 3.19. The molecule has 0 spiro atoms. The maximum atomic E-state index is 11.7. The molecule has 0 aliphatic carbocycles. The molecule has 2 aliphatic heterocycles. The Balaban J connectivity index is 1.05. The number of hydrogen-bond acceptors (Lipinski definition) is 5. The lowest BCUT2D eigenvalue weighted by molar-refractivity contribution is -0.116. The molecule has 0 saturated carbocycles. The summed E-state index contributed by atoms with van der Waals surface area (Å²) in [6, 6.07) is 18.7. The van der Waals surface area contributed by atoms with Crippen LogP contribution in [0.1, 0.15) is 36.9 Å². The van der Waals surface area contributed by atoms with Crippen molar-refractivity contribution in [3.63, 3.8) is 0 Å². The molecule has 0 bridgehead atoms. The van der Waals surface area contributed by atoms with Crippen molar-refractivity contribution in [3.8, 4) is 5.75 Å². The van der Waals surface area contributed by atoms with Crippen LogP contribution >= 0.6 is 0 Å². The van der Waals surface area contributed by atoms with E-state index in [1.165, 1.54) is 17.4 Å². The van der Waals surface area contributed by atoms with Crippen molar-refractivity contribution >= 4 is 22.5 Å². The fraction of sp³-hybridized carbons (Fsp3) is 0.429. The minimum atomic E-state index is 0.108. The molecule has 3 heterocycles. The highest BCUT2D eigenvalue weighted by Crippen LogP contribution is 2.26. The van der Waals surface area contributed by atoms with Crippen molar-refractivity contribution in [2.24, 2.45) is 0 Å². The maximum Gasteiger partial charge on any atom is 0.224 e. The van der Waals surface area contributed by atoms with Gasteiger partial charge in [0.25, 0.3) is 0 Å². The topological polar surface area (TPSA) is 57.7 Å². The molecular formula is C28H34N4O2. The molecule has 34 heavy (non-hydrogen) atoms. The number of nitrogens with zero attached hydrogens (tertiary/aromatic N) is 3. The SMILES string of the molecule is O=C1CCCc2cc(OCCCN3CCCN(Cc4ccc5ccccc5n4)CC3)ccc2N1. The van der Waals surface area contributed by atoms with Gasteiger partial charge in [-0.25, -0.2) is 0 Å². The van der Waals surface area contributed by atoms with Crippen molar-refractivity contribution in [1.82, 2.24) is 14.8 Å². The van der Waals surface area contributed by atoms with Crippen LogP contribution in [0.2, 0.25) is 0 Å². The molecule has 6 heteroatoms. The van der Waals surface area contributed by atoms with E-state index in [-0.39, 0.29) is 5.91 Å². The number of fused-ring (bicyclic) bond motifs is 2. The van der Waals surface area contributed by atoms with E-state index in [0.29, 0.717) is 13.0 Å². The second-order valence-electron chi connectivity index (χ2n) is 9.39. The Bertz CT molecular complexity index is 1130. The van der Waals surface area contributed by atoms with Crippen LogP contribution < -0.4 is 10.1 Å². The fourth-order valence-electron chi connectivity index (χ4n) is 4.95. The normalized spacial score (nSPS) is 17.6. The van der Waals surface area contributed by atoms with Crippen LogP contribution in [0.4, 0.5) is 5.69 Å². The summed E-state index contributed by atoms with van der Waals surface area (Å²) < 4.78 is 6.04. The Labute approximate surface area is 201 Å². The van der Waals surface area contributed by atoms with Gasteiger partial charge in [0.2, 0.25) is 5.91 Å². The zero-order chi connectivity index (χ0) is 23.2. The van der Waals surface area contributed by atoms with Gasteiger partial charge in [0.05, 0.1) is 17.8 Å². The number of carbonyl (C=O) groups is 1. The van der Waals surface area contributed by atoms with E-state index in [1.54, 1.807) is 0 Å². The number of aryl methyl sites for hydroxylation is 1. The Kier molecular flexibility index (Phi) is 7.37. The Hall–Kier alpha value is -2.96. The summed E-state index contributed by atoms with van der Waals surface area (Å²) >= 11 is 0. The monoisotopic (exact) mass is 458 g/mol. The lowest BCUT2D eigenvalue weighted by atomic mass is 10.1. The molecule has 5 rings (SSSR count). The smallest absolute Gasteiger partial charge is 0.224 e. The van der Waals surface area contributed by atoms with E-state index in [0.717, 1.165) is 81.2 Å². The summed E-state index contributed by atoms with van der Waals surface area (Å²) in [4.78, 5) is 21.7. The molecule has 1 amide bonds. The number of aromatic nitrogens is 1. The van der Waals surface area contributed by atoms with Gasteiger partial charge in [-0.2, -0.15) is 0 Å². The lowest BCUT2D eigenvalue weighted by Crippen LogP contribution is -2.31. The van der Waals surface area contributed by atoms with Gasteiger partial charge < -0.3 is 15.0 Å². The number of pyridine rings is 1. The van der Waals surface area contributed by atoms with E-state index >= 15 is 0 Å². The molecule has 178 valence electrons. The van der Waals surface area contributed by atoms with Gasteiger partial charge in [-0.1, -0.05) is 24.3 Å². The molecule has 0 radical (unpaired) electrons. The summed E-state index contributed by atoms with van der Waals surface area (Å²) in [7, 11) is 0. The largest absolute Gasteiger partial charge is 0.494 e. The molecule has 1 saturated heterocycles. The zero-order valence-corrected chi connectivity index (χ0v) is 19.8. The van der Waals surface area contributed by atoms with Gasteiger partial charge in [-0.3, -0.25) is 14.7 Å². The standard InChI is InChI=1S/C28H34N4O2/c33-28-9-3-7-23-20-25(12-13-27(23)30-28)34-19-5-16-31-14-4-15-32(18-17-31)21-24-11-10-22-6-1-2-8-26(22)29-24/h1-2,6,8,10-13,20H,3-5,7,9,14-19,21H2,(H,30,33). The summed E-state index contributed by atoms with van der Waals surface area (Å²) in [5.74, 6) is 1.01. The minimum absolute atomic E-state index is 0.108. The van der Waals surface area contributed by atoms with Crippen LogP contribution in [0, 0.1) is 0 Å². The summed E-state index contributed by atoms with van der Waals surface area (Å²) in [5.41, 5.74) is 4.34. The number of anilines is 1. The number of para-hydroxylation sites is 1. The molecule has 0 unspecified atom stereocenters. The predicted molar refractivity (Wildman–Crippen MR) is 136 cm³/mol. The fourth-order valence-corrected chi connectivity index (χ4v) is 4.95. The molecule has 1 aromatic heterocycles. The van der Waals surface area contributed by atoms with Gasteiger partial charge in [0, 0.05) is 43.7 Å². The van der Waals surface area contributed by atoms with E-state index < -0.39 is 0 Å². The van der Waals surface area contributed by atoms with E-state index in [4.69, 9.17) is 9.72 Å². The first kappa shape index (κ1) is 22.8. The Morgan fingerprint density at radius 1 is 0.912 bits per heavy atom. The van der Waals surface area contributed by atoms with Gasteiger partial charge >= 0.3 is 0 Å². The Morgan fingerprint density at radius 3 is 2.76 bits per heavy atom. The van der Waals surface area contributed by atoms with Crippen LogP contribution in [0.25, 0.3) is 10.9 Å². The highest BCUT2D eigenvalue weighted by atomic mass is 16.5. The van der Waals surface area contributed by atoms with Crippen molar-refractivity contribution < 1.29 is 9.53 Å². The number of hydrogen-bond donors (Lipinski definition) is 1. The quantitative estimate of drug-likeness (QED) is 0.529. The van der Waals surface area contributed by atoms with E-state index in [9.17, 15) is 4.79 Å². The van der Waals surface area contributed by atoms with Crippen LogP contribution in [0.15, 0.2) is 54.6 Å². The summed E-state index contributed by atoms with van der Waals surface area (Å²) in [5, 5.41) is 4.19. The molecule has 2 aliphatic rings. The van der Waals surface area contributed by atoms with E-state index in [1.807, 2.05) is 12.1 Å². The molecule has 1 fully saturated rings. The van der Waals surface area contributed by atoms with Crippen LogP contribution in [-0.4, -0.2) is 60.0 Å². The van der Waals surface area contributed by atoms with Crippen LogP contribution in [-0.2, 0) is 17.8 Å². The summed E-state index contributed by atoms with van der Waals surface area (Å²) in [6.45, 7) is 7.11. The van der Waals surface area contributed by atoms with Crippen molar-refractivity contribution in [2.75, 3.05) is 44.6 Å². The highest BCUT2D eigenvalue weighted by molar-refractivity contribution is 5.92. The second kappa shape index (κ2) is 11.0. The molecule has 1 N–H and O–H groups in total. The Morgan fingerprint density at radius 2 is 1.79 bits per heavy atom. The number of ether oxygens (including phenoxy) is 1. The number of carbonyl (C=O) groups excluding carboxylic acids is 1. The first-order chi connectivity index (χ1) is 16.7. The second-order valence-corrected chi connectivity index (χ2v) is 9.39. The van der Waals surface area contributed by atoms with Gasteiger partial charge in [-0.15, -0.1) is 0 Å². The number of nitrogens with one attached hydrogen (secondary N) is 1. The van der Waals surface area contributed by atoms with Crippen molar-refractivity contribution in [2.45, 2.75) is 38.6 Å². The van der Waals surface area contributed by atoms with Crippen molar-refractivity contribution in [3.05, 3.63) is 65.9 Å². The third-order valence-electron chi connectivity index (χ3n) is 6.81. The molecule has 3 aromatic rings. The highest BCUT2D eigenvalue weighted by Gasteiger charge is 2.16. The first-order valence-electron chi connectivity index (χ1n) is 12.6. The molecular weight excluding hydrogens is 424 g/mol. The average molecular weight is 459 g/mol. The third-order valence-corrected chi connectivity index (χ3v) is 6.81. The zero-order valence-electron chi connectivity index (χ0n) is 19.8. The maximum absolute atomic E-state index is 11.7. The number of rotatable bonds is 7. The van der Waals surface area contributed by atoms with E-state index in [2.05, 4.69) is 57.6 Å². The van der Waals surface area contributed by atoms with Crippen molar-refractivity contribution in [1.29, 1.82) is 0 Å². The predicted octanol–water partition coefficient (Wildman–Crippen LogP) is 4.49. The van der Waals surface area contributed by atoms with Gasteiger partial charge in [0.15, 0.2) is 0 Å². The number of benzene rings is 2. The van der Waals surface area contributed by atoms with Crippen LogP contribution in [0.3, 0.4) is 0 Å².